The van der Waals surface area contributed by atoms with Crippen LogP contribution in [-0.4, -0.2) is 9.78 Å². The van der Waals surface area contributed by atoms with Crippen molar-refractivity contribution in [3.63, 3.8) is 0 Å². The fourth-order valence-corrected chi connectivity index (χ4v) is 2.64. The zero-order chi connectivity index (χ0) is 17.6. The Balaban J connectivity index is 2.18. The topological polar surface area (TPSA) is 17.8 Å². The van der Waals surface area contributed by atoms with Crippen molar-refractivity contribution >= 4 is 10.9 Å². The minimum Gasteiger partial charge on any atom is -0.260 e. The Bertz CT molecular complexity index is 926. The van der Waals surface area contributed by atoms with Crippen molar-refractivity contribution in [2.45, 2.75) is 19.6 Å². The van der Waals surface area contributed by atoms with Crippen molar-refractivity contribution in [1.82, 2.24) is 9.78 Å². The number of nitrogens with zero attached hydrogens (tertiary/aromatic N) is 2. The molecule has 0 amide bonds. The van der Waals surface area contributed by atoms with E-state index < -0.39 is 41.3 Å². The molecule has 0 saturated heterocycles. The number of aryl methyl sites for hydroxylation is 1. The first kappa shape index (κ1) is 16.4. The summed E-state index contributed by atoms with van der Waals surface area (Å²) >= 11 is 0. The summed E-state index contributed by atoms with van der Waals surface area (Å²) in [6, 6.07) is 4.67. The highest BCUT2D eigenvalue weighted by molar-refractivity contribution is 5.82. The molecule has 1 aromatic heterocycles. The minimum atomic E-state index is -4.74. The van der Waals surface area contributed by atoms with Crippen LogP contribution in [0, 0.1) is 24.4 Å². The molecule has 0 unspecified atom stereocenters. The third-order valence-corrected chi connectivity index (χ3v) is 3.72. The molecule has 2 nitrogen and oxygen atoms in total. The summed E-state index contributed by atoms with van der Waals surface area (Å²) in [4.78, 5) is 0. The molecule has 0 aliphatic heterocycles. The van der Waals surface area contributed by atoms with Gasteiger partial charge in [0.25, 0.3) is 0 Å². The van der Waals surface area contributed by atoms with E-state index in [9.17, 15) is 26.3 Å². The van der Waals surface area contributed by atoms with Crippen LogP contribution in [0.4, 0.5) is 26.3 Å². The molecule has 1 heterocycles. The van der Waals surface area contributed by atoms with E-state index in [0.29, 0.717) is 0 Å². The number of alkyl halides is 3. The molecule has 0 saturated carbocycles. The Hall–Kier alpha value is -2.51. The smallest absolute Gasteiger partial charge is 0.260 e. The maximum absolute atomic E-state index is 13.9. The van der Waals surface area contributed by atoms with Gasteiger partial charge < -0.3 is 0 Å². The van der Waals surface area contributed by atoms with Crippen molar-refractivity contribution in [3.8, 4) is 0 Å². The van der Waals surface area contributed by atoms with E-state index in [-0.39, 0.29) is 16.6 Å². The molecular formula is C16H10F6N2. The molecule has 126 valence electrons. The zero-order valence-electron chi connectivity index (χ0n) is 12.3. The molecule has 0 aliphatic carbocycles. The maximum atomic E-state index is 13.9. The summed E-state index contributed by atoms with van der Waals surface area (Å²) in [5.74, 6) is -3.28. The molecule has 0 bridgehead atoms. The second-order valence-electron chi connectivity index (χ2n) is 5.26. The van der Waals surface area contributed by atoms with E-state index in [2.05, 4.69) is 5.10 Å². The predicted molar refractivity (Wildman–Crippen MR) is 74.9 cm³/mol. The molecule has 8 heteroatoms. The second kappa shape index (κ2) is 5.54. The van der Waals surface area contributed by atoms with Crippen LogP contribution >= 0.6 is 0 Å². The van der Waals surface area contributed by atoms with Crippen LogP contribution in [0.25, 0.3) is 10.9 Å². The Morgan fingerprint density at radius 1 is 1.00 bits per heavy atom. The average molecular weight is 344 g/mol. The lowest BCUT2D eigenvalue weighted by atomic mass is 10.1. The summed E-state index contributed by atoms with van der Waals surface area (Å²) in [5, 5.41) is 3.79. The van der Waals surface area contributed by atoms with E-state index in [1.54, 1.807) is 0 Å². The highest BCUT2D eigenvalue weighted by atomic mass is 19.4. The number of fused-ring (bicyclic) bond motifs is 1. The lowest BCUT2D eigenvalue weighted by Gasteiger charge is -2.14. The maximum Gasteiger partial charge on any atom is 0.416 e. The van der Waals surface area contributed by atoms with Crippen molar-refractivity contribution in [3.05, 3.63) is 64.6 Å². The third kappa shape index (κ3) is 2.61. The monoisotopic (exact) mass is 344 g/mol. The molecule has 3 rings (SSSR count). The lowest BCUT2D eigenvalue weighted by molar-refractivity contribution is -0.138. The van der Waals surface area contributed by atoms with Gasteiger partial charge in [0.15, 0.2) is 11.6 Å². The average Bonchev–Trinajstić information content (AvgIpc) is 2.80. The van der Waals surface area contributed by atoms with E-state index in [4.69, 9.17) is 0 Å². The molecule has 0 radical (unpaired) electrons. The van der Waals surface area contributed by atoms with E-state index in [0.717, 1.165) is 28.9 Å². The zero-order valence-corrected chi connectivity index (χ0v) is 12.3. The predicted octanol–water partition coefficient (Wildman–Crippen LogP) is 4.83. The molecular weight excluding hydrogens is 334 g/mol. The number of halogens is 6. The van der Waals surface area contributed by atoms with Gasteiger partial charge >= 0.3 is 6.18 Å². The fourth-order valence-electron chi connectivity index (χ4n) is 2.64. The van der Waals surface area contributed by atoms with Crippen molar-refractivity contribution < 1.29 is 26.3 Å². The van der Waals surface area contributed by atoms with Gasteiger partial charge in [-0.05, 0) is 31.2 Å². The fraction of sp³-hybridized carbons (Fsp3) is 0.188. The van der Waals surface area contributed by atoms with Crippen molar-refractivity contribution in [1.29, 1.82) is 0 Å². The number of hydrogen-bond donors (Lipinski definition) is 0. The standard InChI is InChI=1S/C16H10F6N2/c1-8-14-13(6-5-12(18)15(14)19)24(23-8)7-9-10(16(20,21)22)3-2-4-11(9)17/h2-6H,7H2,1H3. The third-order valence-electron chi connectivity index (χ3n) is 3.72. The van der Waals surface area contributed by atoms with Gasteiger partial charge in [-0.3, -0.25) is 4.68 Å². The Morgan fingerprint density at radius 2 is 1.71 bits per heavy atom. The van der Waals surface area contributed by atoms with Crippen LogP contribution < -0.4 is 0 Å². The molecule has 0 fully saturated rings. The number of rotatable bonds is 2. The molecule has 0 aliphatic rings. The summed E-state index contributed by atoms with van der Waals surface area (Å²) in [7, 11) is 0. The van der Waals surface area contributed by atoms with Gasteiger partial charge in [0.05, 0.1) is 28.7 Å². The molecule has 0 spiro atoms. The highest BCUT2D eigenvalue weighted by Gasteiger charge is 2.34. The highest BCUT2D eigenvalue weighted by Crippen LogP contribution is 2.34. The van der Waals surface area contributed by atoms with Crippen LogP contribution in [0.5, 0.6) is 0 Å². The van der Waals surface area contributed by atoms with Gasteiger partial charge in [0, 0.05) is 5.56 Å². The Morgan fingerprint density at radius 3 is 2.38 bits per heavy atom. The summed E-state index contributed by atoms with van der Waals surface area (Å²) in [6.07, 6.45) is -4.74. The largest absolute Gasteiger partial charge is 0.416 e. The number of benzene rings is 2. The van der Waals surface area contributed by atoms with Crippen LogP contribution in [0.15, 0.2) is 30.3 Å². The van der Waals surface area contributed by atoms with Gasteiger partial charge in [0.2, 0.25) is 0 Å². The summed E-state index contributed by atoms with van der Waals surface area (Å²) in [6.45, 7) is 0.838. The molecule has 2 aromatic carbocycles. The normalized spacial score (nSPS) is 12.1. The van der Waals surface area contributed by atoms with Crippen LogP contribution in [0.1, 0.15) is 16.8 Å². The SMILES string of the molecule is Cc1nn(Cc2c(F)cccc2C(F)(F)F)c2ccc(F)c(F)c12. The van der Waals surface area contributed by atoms with Gasteiger partial charge in [-0.15, -0.1) is 0 Å². The quantitative estimate of drug-likeness (QED) is 0.609. The summed E-state index contributed by atoms with van der Waals surface area (Å²) < 4.78 is 81.4. The van der Waals surface area contributed by atoms with E-state index in [1.807, 2.05) is 0 Å². The minimum absolute atomic E-state index is 0.0859. The van der Waals surface area contributed by atoms with E-state index in [1.165, 1.54) is 13.0 Å². The van der Waals surface area contributed by atoms with Crippen molar-refractivity contribution in [2.24, 2.45) is 0 Å². The van der Waals surface area contributed by atoms with Crippen molar-refractivity contribution in [2.75, 3.05) is 0 Å². The van der Waals surface area contributed by atoms with Crippen LogP contribution in [0.2, 0.25) is 0 Å². The van der Waals surface area contributed by atoms with Gasteiger partial charge in [-0.1, -0.05) is 6.07 Å². The summed E-state index contributed by atoms with van der Waals surface area (Å²) in [5.41, 5.74) is -1.56. The number of hydrogen-bond acceptors (Lipinski definition) is 1. The first-order valence-corrected chi connectivity index (χ1v) is 6.86. The van der Waals surface area contributed by atoms with Gasteiger partial charge in [0.1, 0.15) is 5.82 Å². The van der Waals surface area contributed by atoms with Crippen LogP contribution in [0.3, 0.4) is 0 Å². The lowest BCUT2D eigenvalue weighted by Crippen LogP contribution is -2.14. The van der Waals surface area contributed by atoms with Gasteiger partial charge in [-0.2, -0.15) is 18.3 Å². The van der Waals surface area contributed by atoms with E-state index >= 15 is 0 Å². The number of aromatic nitrogens is 2. The molecule has 0 atom stereocenters. The molecule has 0 N–H and O–H groups in total. The molecule has 3 aromatic rings. The molecule has 24 heavy (non-hydrogen) atoms. The van der Waals surface area contributed by atoms with Crippen LogP contribution in [-0.2, 0) is 12.7 Å². The first-order chi connectivity index (χ1) is 11.2. The first-order valence-electron chi connectivity index (χ1n) is 6.86. The Kier molecular flexibility index (Phi) is 3.77. The van der Waals surface area contributed by atoms with Gasteiger partial charge in [-0.25, -0.2) is 13.2 Å². The Labute approximate surface area is 132 Å². The second-order valence-corrected chi connectivity index (χ2v) is 5.26.